The van der Waals surface area contributed by atoms with Crippen LogP contribution in [0.5, 0.6) is 0 Å². The Balaban J connectivity index is 2.91. The molecule has 1 heterocycles. The maximum Gasteiger partial charge on any atom is 0.326 e. The van der Waals surface area contributed by atoms with E-state index in [9.17, 15) is 39.0 Å². The maximum absolute atomic E-state index is 12.8. The van der Waals surface area contributed by atoms with Gasteiger partial charge in [-0.25, -0.2) is 4.79 Å². The first kappa shape index (κ1) is 25.8. The molecule has 0 aromatic heterocycles. The molecule has 0 aromatic carbocycles. The molecular formula is C17H27N5O9. The highest BCUT2D eigenvalue weighted by atomic mass is 16.4. The van der Waals surface area contributed by atoms with Gasteiger partial charge in [0.1, 0.15) is 18.1 Å². The Kier molecular flexibility index (Phi) is 9.82. The van der Waals surface area contributed by atoms with Crippen molar-refractivity contribution in [3.63, 3.8) is 0 Å². The molecule has 0 spiro atoms. The second-order valence-electron chi connectivity index (χ2n) is 7.04. The normalized spacial score (nSPS) is 18.5. The molecule has 9 N–H and O–H groups in total. The number of primary amides is 1. The number of aliphatic carboxylic acids is 2. The van der Waals surface area contributed by atoms with Crippen LogP contribution in [-0.4, -0.2) is 93.1 Å². The Bertz CT molecular complexity index is 729. The number of carbonyl (C=O) groups is 6. The smallest absolute Gasteiger partial charge is 0.326 e. The van der Waals surface area contributed by atoms with Gasteiger partial charge in [0.05, 0.1) is 19.1 Å². The van der Waals surface area contributed by atoms with Crippen molar-refractivity contribution in [1.82, 2.24) is 15.5 Å². The zero-order valence-corrected chi connectivity index (χ0v) is 16.7. The van der Waals surface area contributed by atoms with Crippen LogP contribution in [0.1, 0.15) is 32.1 Å². The predicted molar refractivity (Wildman–Crippen MR) is 102 cm³/mol. The minimum atomic E-state index is -1.56. The Hall–Kier alpha value is -3.26. The molecule has 1 fully saturated rings. The van der Waals surface area contributed by atoms with Gasteiger partial charge < -0.3 is 42.3 Å². The van der Waals surface area contributed by atoms with E-state index in [1.807, 2.05) is 0 Å². The van der Waals surface area contributed by atoms with Crippen molar-refractivity contribution in [2.24, 2.45) is 11.5 Å². The van der Waals surface area contributed by atoms with Crippen LogP contribution in [0.2, 0.25) is 0 Å². The molecule has 4 amide bonds. The molecular weight excluding hydrogens is 418 g/mol. The van der Waals surface area contributed by atoms with Crippen molar-refractivity contribution in [2.45, 2.75) is 56.3 Å². The third-order valence-corrected chi connectivity index (χ3v) is 4.66. The molecule has 174 valence electrons. The number of carboxylic acids is 2. The van der Waals surface area contributed by atoms with Gasteiger partial charge in [0.25, 0.3) is 0 Å². The molecule has 1 aliphatic heterocycles. The SMILES string of the molecule is NC(=O)CCC(NC(=O)C(CO)NC(=O)C(N)CC(=O)O)C(=O)N1CCCC1C(=O)O. The lowest BCUT2D eigenvalue weighted by molar-refractivity contribution is -0.149. The number of hydrogen-bond acceptors (Lipinski definition) is 8. The number of rotatable bonds is 12. The first-order valence-electron chi connectivity index (χ1n) is 9.48. The highest BCUT2D eigenvalue weighted by Gasteiger charge is 2.38. The number of nitrogens with two attached hydrogens (primary N) is 2. The average Bonchev–Trinajstić information content (AvgIpc) is 3.17. The minimum Gasteiger partial charge on any atom is -0.481 e. The average molecular weight is 445 g/mol. The quantitative estimate of drug-likeness (QED) is 0.154. The molecule has 4 unspecified atom stereocenters. The Morgan fingerprint density at radius 3 is 2.16 bits per heavy atom. The van der Waals surface area contributed by atoms with Crippen LogP contribution in [0.3, 0.4) is 0 Å². The Labute approximate surface area is 176 Å². The van der Waals surface area contributed by atoms with E-state index in [4.69, 9.17) is 16.6 Å². The second-order valence-corrected chi connectivity index (χ2v) is 7.04. The minimum absolute atomic E-state index is 0.142. The second kappa shape index (κ2) is 11.8. The monoisotopic (exact) mass is 445 g/mol. The number of nitrogens with zero attached hydrogens (tertiary/aromatic N) is 1. The molecule has 0 bridgehead atoms. The molecule has 0 saturated carbocycles. The maximum atomic E-state index is 12.8. The highest BCUT2D eigenvalue weighted by Crippen LogP contribution is 2.19. The van der Waals surface area contributed by atoms with Gasteiger partial charge in [-0.3, -0.25) is 24.0 Å². The predicted octanol–water partition coefficient (Wildman–Crippen LogP) is -3.91. The fourth-order valence-corrected chi connectivity index (χ4v) is 3.06. The number of aliphatic hydroxyl groups excluding tert-OH is 1. The molecule has 0 aliphatic carbocycles. The molecule has 0 aromatic rings. The van der Waals surface area contributed by atoms with Crippen LogP contribution in [0.4, 0.5) is 0 Å². The van der Waals surface area contributed by atoms with Crippen LogP contribution < -0.4 is 22.1 Å². The van der Waals surface area contributed by atoms with Crippen molar-refractivity contribution < 1.29 is 44.1 Å². The van der Waals surface area contributed by atoms with Gasteiger partial charge >= 0.3 is 11.9 Å². The van der Waals surface area contributed by atoms with E-state index in [0.717, 1.165) is 4.90 Å². The first-order chi connectivity index (χ1) is 14.5. The zero-order valence-electron chi connectivity index (χ0n) is 16.7. The van der Waals surface area contributed by atoms with Crippen LogP contribution in [-0.2, 0) is 28.8 Å². The number of nitrogens with one attached hydrogen (secondary N) is 2. The van der Waals surface area contributed by atoms with Crippen LogP contribution in [0.25, 0.3) is 0 Å². The van der Waals surface area contributed by atoms with Crippen molar-refractivity contribution in [2.75, 3.05) is 13.2 Å². The third-order valence-electron chi connectivity index (χ3n) is 4.66. The van der Waals surface area contributed by atoms with Crippen molar-refractivity contribution in [1.29, 1.82) is 0 Å². The van der Waals surface area contributed by atoms with Gasteiger partial charge in [0.2, 0.25) is 23.6 Å². The van der Waals surface area contributed by atoms with E-state index in [0.29, 0.717) is 6.42 Å². The summed E-state index contributed by atoms with van der Waals surface area (Å²) >= 11 is 0. The standard InChI is InChI=1S/C17H27N5O9/c18-8(6-13(25)26)14(27)21-10(7-23)15(28)20-9(3-4-12(19)24)16(29)22-5-1-2-11(22)17(30)31/h8-11,23H,1-7,18H2,(H2,19,24)(H,20,28)(H,21,27)(H,25,26)(H,30,31). The van der Waals surface area contributed by atoms with Gasteiger partial charge in [-0.1, -0.05) is 0 Å². The van der Waals surface area contributed by atoms with Crippen molar-refractivity contribution in [3.8, 4) is 0 Å². The number of hydrogen-bond donors (Lipinski definition) is 7. The van der Waals surface area contributed by atoms with Crippen LogP contribution >= 0.6 is 0 Å². The van der Waals surface area contributed by atoms with Crippen LogP contribution in [0, 0.1) is 0 Å². The van der Waals surface area contributed by atoms with Gasteiger partial charge in [-0.15, -0.1) is 0 Å². The molecule has 14 nitrogen and oxygen atoms in total. The van der Waals surface area contributed by atoms with Crippen LogP contribution in [0.15, 0.2) is 0 Å². The highest BCUT2D eigenvalue weighted by molar-refractivity contribution is 5.95. The molecule has 31 heavy (non-hydrogen) atoms. The van der Waals surface area contributed by atoms with E-state index in [2.05, 4.69) is 10.6 Å². The molecule has 1 aliphatic rings. The summed E-state index contributed by atoms with van der Waals surface area (Å²) in [4.78, 5) is 71.5. The summed E-state index contributed by atoms with van der Waals surface area (Å²) in [5, 5.41) is 31.7. The lowest BCUT2D eigenvalue weighted by Crippen LogP contribution is -2.58. The fraction of sp³-hybridized carbons (Fsp3) is 0.647. The van der Waals surface area contributed by atoms with Gasteiger partial charge in [0.15, 0.2) is 0 Å². The number of aliphatic hydroxyl groups is 1. The zero-order chi connectivity index (χ0) is 23.7. The van der Waals surface area contributed by atoms with E-state index in [-0.39, 0.29) is 25.8 Å². The summed E-state index contributed by atoms with van der Waals surface area (Å²) < 4.78 is 0. The van der Waals surface area contributed by atoms with E-state index >= 15 is 0 Å². The summed E-state index contributed by atoms with van der Waals surface area (Å²) in [6.45, 7) is -0.751. The fourth-order valence-electron chi connectivity index (χ4n) is 3.06. The first-order valence-corrected chi connectivity index (χ1v) is 9.48. The third kappa shape index (κ3) is 7.82. The topological polar surface area (TPSA) is 242 Å². The molecule has 14 heteroatoms. The Morgan fingerprint density at radius 2 is 1.65 bits per heavy atom. The summed E-state index contributed by atoms with van der Waals surface area (Å²) in [5.41, 5.74) is 10.5. The number of likely N-dealkylation sites (tertiary alicyclic amines) is 1. The Morgan fingerprint density at radius 1 is 1.03 bits per heavy atom. The molecule has 0 radical (unpaired) electrons. The molecule has 1 saturated heterocycles. The summed E-state index contributed by atoms with van der Waals surface area (Å²) in [6.07, 6.45) is -0.559. The van der Waals surface area contributed by atoms with Crippen molar-refractivity contribution >= 4 is 35.6 Å². The summed E-state index contributed by atoms with van der Waals surface area (Å²) in [7, 11) is 0. The van der Waals surface area contributed by atoms with Gasteiger partial charge in [-0.2, -0.15) is 0 Å². The number of carboxylic acid groups (broad SMARTS) is 2. The summed E-state index contributed by atoms with van der Waals surface area (Å²) in [6, 6.07) is -5.46. The van der Waals surface area contributed by atoms with E-state index < -0.39 is 72.8 Å². The summed E-state index contributed by atoms with van der Waals surface area (Å²) in [5.74, 6) is -6.07. The molecule has 4 atom stereocenters. The lowest BCUT2D eigenvalue weighted by Gasteiger charge is -2.28. The molecule has 1 rings (SSSR count). The number of amides is 4. The number of carbonyl (C=O) groups excluding carboxylic acids is 4. The van der Waals surface area contributed by atoms with Crippen molar-refractivity contribution in [3.05, 3.63) is 0 Å². The lowest BCUT2D eigenvalue weighted by atomic mass is 10.1. The van der Waals surface area contributed by atoms with Gasteiger partial charge in [-0.05, 0) is 19.3 Å². The largest absolute Gasteiger partial charge is 0.481 e. The van der Waals surface area contributed by atoms with Gasteiger partial charge in [0, 0.05) is 13.0 Å². The van der Waals surface area contributed by atoms with E-state index in [1.165, 1.54) is 0 Å². The van der Waals surface area contributed by atoms with E-state index in [1.54, 1.807) is 0 Å².